The van der Waals surface area contributed by atoms with E-state index in [0.717, 1.165) is 0 Å². The van der Waals surface area contributed by atoms with Crippen LogP contribution in [-0.2, 0) is 21.3 Å². The van der Waals surface area contributed by atoms with Crippen LogP contribution in [0, 0.1) is 11.3 Å². The Hall–Kier alpha value is -1.67. The summed E-state index contributed by atoms with van der Waals surface area (Å²) >= 11 is 0. The molecule has 0 aliphatic rings. The largest absolute Gasteiger partial charge is 0.480 e. The molecule has 4 nitrogen and oxygen atoms in total. The third-order valence-corrected chi connectivity index (χ3v) is 3.72. The average molecular weight is 237 g/mol. The van der Waals surface area contributed by atoms with Crippen molar-refractivity contribution in [1.82, 2.24) is 0 Å². The molecule has 1 aromatic carbocycles. The average Bonchev–Trinajstić information content (AvgIpc) is 2.28. The number of carbonyl (C=O) groups is 1. The normalized spacial score (nSPS) is 13.8. The van der Waals surface area contributed by atoms with Crippen molar-refractivity contribution in [3.05, 3.63) is 35.4 Å². The summed E-state index contributed by atoms with van der Waals surface area (Å²) < 4.78 is 11.6. The maximum absolute atomic E-state index is 11.6. The Bertz CT molecular complexity index is 465. The van der Waals surface area contributed by atoms with Crippen molar-refractivity contribution in [2.75, 3.05) is 0 Å². The summed E-state index contributed by atoms with van der Waals surface area (Å²) in [5.74, 6) is -0.919. The third-order valence-electron chi connectivity index (χ3n) is 2.11. The second kappa shape index (κ2) is 5.42. The predicted octanol–water partition coefficient (Wildman–Crippen LogP) is 1.28. The zero-order chi connectivity index (χ0) is 12.1. The minimum Gasteiger partial charge on any atom is -0.480 e. The van der Waals surface area contributed by atoms with Gasteiger partial charge in [0.15, 0.2) is 0 Å². The van der Waals surface area contributed by atoms with Crippen molar-refractivity contribution in [1.29, 1.82) is 5.26 Å². The van der Waals surface area contributed by atoms with E-state index in [4.69, 9.17) is 10.4 Å². The molecule has 0 aliphatic heterocycles. The Morgan fingerprint density at radius 2 is 2.31 bits per heavy atom. The predicted molar refractivity (Wildman–Crippen MR) is 60.1 cm³/mol. The summed E-state index contributed by atoms with van der Waals surface area (Å²) in [6.07, 6.45) is 0. The van der Waals surface area contributed by atoms with Crippen LogP contribution in [-0.4, -0.2) is 20.5 Å². The van der Waals surface area contributed by atoms with E-state index in [1.807, 2.05) is 6.07 Å². The third kappa shape index (κ3) is 3.17. The molecule has 0 saturated heterocycles. The van der Waals surface area contributed by atoms with Crippen LogP contribution in [0.25, 0.3) is 0 Å². The monoisotopic (exact) mass is 237 g/mol. The first-order valence-electron chi connectivity index (χ1n) is 4.63. The van der Waals surface area contributed by atoms with E-state index in [0.29, 0.717) is 11.1 Å². The van der Waals surface area contributed by atoms with Gasteiger partial charge in [0, 0.05) is 16.6 Å². The van der Waals surface area contributed by atoms with Crippen LogP contribution in [0.3, 0.4) is 0 Å². The van der Waals surface area contributed by atoms with Crippen LogP contribution in [0.1, 0.15) is 18.1 Å². The fraction of sp³-hybridized carbons (Fsp3) is 0.273. The van der Waals surface area contributed by atoms with Crippen molar-refractivity contribution >= 4 is 16.8 Å². The summed E-state index contributed by atoms with van der Waals surface area (Å²) in [5.41, 5.74) is 1.20. The smallest absolute Gasteiger partial charge is 0.318 e. The van der Waals surface area contributed by atoms with E-state index in [1.54, 1.807) is 24.3 Å². The van der Waals surface area contributed by atoms with Gasteiger partial charge in [-0.2, -0.15) is 5.26 Å². The highest BCUT2D eigenvalue weighted by Crippen LogP contribution is 2.09. The first-order chi connectivity index (χ1) is 7.54. The maximum Gasteiger partial charge on any atom is 0.318 e. The molecule has 0 spiro atoms. The van der Waals surface area contributed by atoms with Gasteiger partial charge in [-0.15, -0.1) is 0 Å². The second-order valence-corrected chi connectivity index (χ2v) is 5.07. The number of nitriles is 1. The molecule has 1 aromatic rings. The van der Waals surface area contributed by atoms with E-state index >= 15 is 0 Å². The van der Waals surface area contributed by atoms with E-state index in [9.17, 15) is 9.00 Å². The van der Waals surface area contributed by atoms with E-state index in [-0.39, 0.29) is 5.75 Å². The molecule has 2 atom stereocenters. The topological polar surface area (TPSA) is 78.2 Å². The highest BCUT2D eigenvalue weighted by molar-refractivity contribution is 7.85. The molecule has 0 aromatic heterocycles. The van der Waals surface area contributed by atoms with Gasteiger partial charge in [-0.05, 0) is 24.6 Å². The van der Waals surface area contributed by atoms with Gasteiger partial charge >= 0.3 is 5.97 Å². The summed E-state index contributed by atoms with van der Waals surface area (Å²) in [7, 11) is -1.47. The Labute approximate surface area is 96.0 Å². The lowest BCUT2D eigenvalue weighted by Crippen LogP contribution is -2.22. The first-order valence-corrected chi connectivity index (χ1v) is 6.02. The maximum atomic E-state index is 11.6. The number of rotatable bonds is 4. The Balaban J connectivity index is 2.78. The lowest BCUT2D eigenvalue weighted by Gasteiger charge is -2.06. The van der Waals surface area contributed by atoms with Crippen LogP contribution < -0.4 is 0 Å². The summed E-state index contributed by atoms with van der Waals surface area (Å²) in [4.78, 5) is 10.6. The highest BCUT2D eigenvalue weighted by Gasteiger charge is 2.18. The molecular formula is C11H11NO3S. The number of aliphatic carboxylic acids is 1. The van der Waals surface area contributed by atoms with Crippen LogP contribution in [0.4, 0.5) is 0 Å². The molecule has 1 N–H and O–H groups in total. The SMILES string of the molecule is CC(C(=O)O)S(=O)Cc1cccc(C#N)c1. The number of carboxylic acids is 1. The fourth-order valence-electron chi connectivity index (χ4n) is 1.13. The standard InChI is InChI=1S/C11H11NO3S/c1-8(11(13)14)16(15)7-10-4-2-3-9(5-10)6-12/h2-5,8H,7H2,1H3,(H,13,14). The van der Waals surface area contributed by atoms with Crippen molar-refractivity contribution in [3.8, 4) is 6.07 Å². The zero-order valence-corrected chi connectivity index (χ0v) is 9.53. The van der Waals surface area contributed by atoms with Gasteiger partial charge in [-0.3, -0.25) is 9.00 Å². The summed E-state index contributed by atoms with van der Waals surface area (Å²) in [6, 6.07) is 8.66. The molecule has 0 saturated carbocycles. The van der Waals surface area contributed by atoms with Crippen molar-refractivity contribution < 1.29 is 14.1 Å². The van der Waals surface area contributed by atoms with Crippen LogP contribution in [0.2, 0.25) is 0 Å². The minimum absolute atomic E-state index is 0.156. The Morgan fingerprint density at radius 3 is 2.88 bits per heavy atom. The molecule has 5 heteroatoms. The molecule has 1 rings (SSSR count). The lowest BCUT2D eigenvalue weighted by molar-refractivity contribution is -0.136. The summed E-state index contributed by atoms with van der Waals surface area (Å²) in [5, 5.41) is 16.5. The van der Waals surface area contributed by atoms with Gasteiger partial charge in [0.25, 0.3) is 0 Å². The Morgan fingerprint density at radius 1 is 1.62 bits per heavy atom. The number of hydrogen-bond acceptors (Lipinski definition) is 3. The van der Waals surface area contributed by atoms with E-state index in [2.05, 4.69) is 0 Å². The van der Waals surface area contributed by atoms with Crippen molar-refractivity contribution in [3.63, 3.8) is 0 Å². The molecular weight excluding hydrogens is 226 g/mol. The molecule has 0 amide bonds. The van der Waals surface area contributed by atoms with Gasteiger partial charge in [-0.1, -0.05) is 12.1 Å². The molecule has 0 aliphatic carbocycles. The van der Waals surface area contributed by atoms with Crippen LogP contribution >= 0.6 is 0 Å². The van der Waals surface area contributed by atoms with Crippen molar-refractivity contribution in [2.24, 2.45) is 0 Å². The minimum atomic E-state index is -1.47. The van der Waals surface area contributed by atoms with Gasteiger partial charge in [0.2, 0.25) is 0 Å². The van der Waals surface area contributed by atoms with Gasteiger partial charge in [-0.25, -0.2) is 0 Å². The van der Waals surface area contributed by atoms with E-state index < -0.39 is 22.0 Å². The molecule has 0 bridgehead atoms. The highest BCUT2D eigenvalue weighted by atomic mass is 32.2. The van der Waals surface area contributed by atoms with Gasteiger partial charge in [0.1, 0.15) is 5.25 Å². The molecule has 2 unspecified atom stereocenters. The number of hydrogen-bond donors (Lipinski definition) is 1. The molecule has 0 radical (unpaired) electrons. The Kier molecular flexibility index (Phi) is 4.20. The molecule has 16 heavy (non-hydrogen) atoms. The number of carboxylic acid groups (broad SMARTS) is 1. The van der Waals surface area contributed by atoms with Gasteiger partial charge < -0.3 is 5.11 Å². The fourth-order valence-corrected chi connectivity index (χ4v) is 2.12. The van der Waals surface area contributed by atoms with Gasteiger partial charge in [0.05, 0.1) is 11.6 Å². The van der Waals surface area contributed by atoms with E-state index in [1.165, 1.54) is 6.92 Å². The zero-order valence-electron chi connectivity index (χ0n) is 8.71. The summed E-state index contributed by atoms with van der Waals surface area (Å²) in [6.45, 7) is 1.41. The molecule has 0 heterocycles. The number of nitrogens with zero attached hydrogens (tertiary/aromatic N) is 1. The number of benzene rings is 1. The first kappa shape index (κ1) is 12.4. The second-order valence-electron chi connectivity index (χ2n) is 3.32. The van der Waals surface area contributed by atoms with Crippen LogP contribution in [0.15, 0.2) is 24.3 Å². The quantitative estimate of drug-likeness (QED) is 0.855. The lowest BCUT2D eigenvalue weighted by atomic mass is 10.2. The molecule has 0 fully saturated rings. The van der Waals surface area contributed by atoms with Crippen LogP contribution in [0.5, 0.6) is 0 Å². The molecule has 84 valence electrons. The van der Waals surface area contributed by atoms with Crippen molar-refractivity contribution in [2.45, 2.75) is 17.9 Å².